The average molecular weight is 655 g/mol. The molecule has 43 heavy (non-hydrogen) atoms. The van der Waals surface area contributed by atoms with E-state index < -0.39 is 35.6 Å². The number of carbonyl (C=O) groups excluding carboxylic acids is 2. The Morgan fingerprint density at radius 3 is 2.28 bits per heavy atom. The summed E-state index contributed by atoms with van der Waals surface area (Å²) in [6, 6.07) is 1.78. The average Bonchev–Trinajstić information content (AvgIpc) is 3.28. The molecule has 2 rings (SSSR count). The monoisotopic (exact) mass is 654 g/mol. The molecule has 1 aliphatic heterocycles. The van der Waals surface area contributed by atoms with Crippen LogP contribution in [0.4, 0.5) is 0 Å². The van der Waals surface area contributed by atoms with E-state index in [1.54, 1.807) is 13.2 Å². The molecule has 1 N–H and O–H groups in total. The number of allylic oxidation sites excluding steroid dienone is 3. The minimum absolute atomic E-state index is 0.188. The zero-order valence-electron chi connectivity index (χ0n) is 27.6. The van der Waals surface area contributed by atoms with Gasteiger partial charge in [-0.05, 0) is 44.3 Å². The van der Waals surface area contributed by atoms with Crippen LogP contribution in [0, 0.1) is 12.8 Å². The summed E-state index contributed by atoms with van der Waals surface area (Å²) in [5.41, 5.74) is 3.77. The highest BCUT2D eigenvalue weighted by atomic mass is 31.2. The molecule has 0 radical (unpaired) electrons. The number of benzene rings is 1. The smallest absolute Gasteiger partial charge is 0.342 e. The highest BCUT2D eigenvalue weighted by molar-refractivity contribution is 7.53. The zero-order valence-corrected chi connectivity index (χ0v) is 30.5. The molecular weight excluding hydrogens is 603 g/mol. The highest BCUT2D eigenvalue weighted by Crippen LogP contribution is 2.43. The maximum Gasteiger partial charge on any atom is 0.342 e. The van der Waals surface area contributed by atoms with Crippen molar-refractivity contribution in [3.63, 3.8) is 0 Å². The third-order valence-corrected chi connectivity index (χ3v) is 12.0. The third-order valence-electron chi connectivity index (χ3n) is 7.31. The van der Waals surface area contributed by atoms with Crippen molar-refractivity contribution in [2.75, 3.05) is 33.6 Å². The molecule has 2 unspecified atom stereocenters. The molecule has 0 amide bonds. The topological polar surface area (TPSA) is 118 Å². The summed E-state index contributed by atoms with van der Waals surface area (Å²) < 4.78 is 39.8. The first-order valence-electron chi connectivity index (χ1n) is 14.8. The van der Waals surface area contributed by atoms with Crippen LogP contribution < -0.4 is 9.47 Å². The van der Waals surface area contributed by atoms with Crippen molar-refractivity contribution in [3.8, 4) is 11.5 Å². The van der Waals surface area contributed by atoms with E-state index in [1.165, 1.54) is 13.2 Å². The van der Waals surface area contributed by atoms with Gasteiger partial charge in [-0.2, -0.15) is 0 Å². The minimum atomic E-state index is -3.75. The minimum Gasteiger partial charge on any atom is -0.496 e. The molecule has 0 spiro atoms. The van der Waals surface area contributed by atoms with Crippen molar-refractivity contribution < 1.29 is 42.5 Å². The summed E-state index contributed by atoms with van der Waals surface area (Å²) >= 11 is 0. The van der Waals surface area contributed by atoms with Crippen LogP contribution in [-0.4, -0.2) is 66.6 Å². The van der Waals surface area contributed by atoms with Gasteiger partial charge in [0.25, 0.3) is 0 Å². The van der Waals surface area contributed by atoms with Crippen LogP contribution in [0.1, 0.15) is 40.4 Å². The first kappa shape index (κ1) is 37.0. The number of fused-ring (bicyclic) bond motifs is 1. The fourth-order valence-electron chi connectivity index (χ4n) is 4.56. The van der Waals surface area contributed by atoms with Crippen LogP contribution in [0.5, 0.6) is 11.5 Å². The van der Waals surface area contributed by atoms with Gasteiger partial charge in [0, 0.05) is 34.4 Å². The Labute approximate surface area is 259 Å². The fourth-order valence-corrected chi connectivity index (χ4v) is 6.53. The lowest BCUT2D eigenvalue weighted by atomic mass is 9.93. The Morgan fingerprint density at radius 1 is 1.07 bits per heavy atom. The second kappa shape index (κ2) is 15.7. The van der Waals surface area contributed by atoms with Crippen molar-refractivity contribution in [2.24, 2.45) is 5.92 Å². The van der Waals surface area contributed by atoms with E-state index in [0.717, 1.165) is 34.4 Å². The number of cyclic esters (lactones) is 1. The van der Waals surface area contributed by atoms with Crippen LogP contribution in [-0.2, 0) is 36.4 Å². The highest BCUT2D eigenvalue weighted by Gasteiger charge is 2.33. The first-order chi connectivity index (χ1) is 19.9. The number of hydrogen-bond acceptors (Lipinski definition) is 8. The maximum atomic E-state index is 13.1. The summed E-state index contributed by atoms with van der Waals surface area (Å²) in [4.78, 5) is 35.7. The third kappa shape index (κ3) is 11.7. The van der Waals surface area contributed by atoms with Crippen LogP contribution >= 0.6 is 7.60 Å². The van der Waals surface area contributed by atoms with Crippen molar-refractivity contribution in [2.45, 2.75) is 84.7 Å². The molecule has 1 aliphatic rings. The van der Waals surface area contributed by atoms with Crippen LogP contribution in [0.25, 0.3) is 0 Å². The Bertz CT molecular complexity index is 1260. The zero-order chi connectivity index (χ0) is 32.6. The molecule has 0 aromatic heterocycles. The van der Waals surface area contributed by atoms with Crippen molar-refractivity contribution in [1.29, 1.82) is 0 Å². The number of esters is 2. The number of methoxy groups -OCH3 is 1. The fraction of sp³-hybridized carbons (Fsp3) is 0.613. The lowest BCUT2D eigenvalue weighted by molar-refractivity contribution is -0.146. The van der Waals surface area contributed by atoms with E-state index in [1.807, 2.05) is 19.9 Å². The first-order valence-corrected chi connectivity index (χ1v) is 24.0. The summed E-state index contributed by atoms with van der Waals surface area (Å²) in [6.07, 6.45) is 5.69. The predicted molar refractivity (Wildman–Crippen MR) is 176 cm³/mol. The summed E-state index contributed by atoms with van der Waals surface area (Å²) in [5.74, 6) is -0.251. The largest absolute Gasteiger partial charge is 0.496 e. The van der Waals surface area contributed by atoms with Crippen molar-refractivity contribution in [1.82, 2.24) is 0 Å². The molecule has 12 heteroatoms. The van der Waals surface area contributed by atoms with Crippen LogP contribution in [0.3, 0.4) is 0 Å². The lowest BCUT2D eigenvalue weighted by Crippen LogP contribution is -2.24. The van der Waals surface area contributed by atoms with E-state index in [0.29, 0.717) is 43.1 Å². The van der Waals surface area contributed by atoms with Gasteiger partial charge in [-0.25, -0.2) is 4.79 Å². The van der Waals surface area contributed by atoms with E-state index >= 15 is 0 Å². The van der Waals surface area contributed by atoms with Gasteiger partial charge in [-0.15, -0.1) is 0 Å². The molecule has 0 bridgehead atoms. The normalized spacial score (nSPS) is 16.1. The van der Waals surface area contributed by atoms with Gasteiger partial charge in [0.1, 0.15) is 23.7 Å². The SMILES string of the molecule is COc1c(C)c2c(c(OCC[Si](C)(C)C)c1C/C=C(\C)CC(/C=C/CP(=O)(O)OC)C(=O)OCC[Si](C)(C)C)C(=O)OC2. The van der Waals surface area contributed by atoms with Crippen molar-refractivity contribution in [3.05, 3.63) is 46.1 Å². The van der Waals surface area contributed by atoms with Gasteiger partial charge in [0.15, 0.2) is 0 Å². The number of rotatable bonds is 17. The van der Waals surface area contributed by atoms with Gasteiger partial charge < -0.3 is 28.4 Å². The molecule has 242 valence electrons. The molecule has 9 nitrogen and oxygen atoms in total. The van der Waals surface area contributed by atoms with E-state index in [2.05, 4.69) is 43.8 Å². The van der Waals surface area contributed by atoms with Crippen LogP contribution in [0.15, 0.2) is 23.8 Å². The molecular formula is C31H51O9PSi2. The summed E-state index contributed by atoms with van der Waals surface area (Å²) in [7, 11) is -3.75. The molecule has 1 aromatic carbocycles. The quantitative estimate of drug-likeness (QED) is 0.0808. The van der Waals surface area contributed by atoms with Crippen LogP contribution in [0.2, 0.25) is 51.4 Å². The second-order valence-electron chi connectivity index (χ2n) is 13.5. The predicted octanol–water partition coefficient (Wildman–Crippen LogP) is 7.16. The molecule has 0 fully saturated rings. The standard InChI is InChI=1S/C31H51O9PSi2/c1-22(20-24(12-11-17-41(34,35)37-4)30(32)39-16-19-43(8,9)10)13-14-25-28(36-3)23(2)26-21-40-31(33)27(26)29(25)38-15-18-42(5,6)7/h11-13,24H,14-21H2,1-10H3,(H,34,35)/b12-11+,22-13+. The molecule has 2 atom stereocenters. The van der Waals surface area contributed by atoms with Crippen molar-refractivity contribution >= 4 is 35.7 Å². The number of carbonyl (C=O) groups is 2. The molecule has 0 saturated heterocycles. The Kier molecular flexibility index (Phi) is 13.5. The van der Waals surface area contributed by atoms with E-state index in [4.69, 9.17) is 18.9 Å². The lowest BCUT2D eigenvalue weighted by Gasteiger charge is -2.21. The van der Waals surface area contributed by atoms with Gasteiger partial charge in [0.05, 0.1) is 32.4 Å². The number of ether oxygens (including phenoxy) is 4. The van der Waals surface area contributed by atoms with Gasteiger partial charge in [-0.1, -0.05) is 63.1 Å². The summed E-state index contributed by atoms with van der Waals surface area (Å²) in [6.45, 7) is 18.3. The second-order valence-corrected chi connectivity index (χ2v) is 26.8. The van der Waals surface area contributed by atoms with Gasteiger partial charge in [-0.3, -0.25) is 9.36 Å². The summed E-state index contributed by atoms with van der Waals surface area (Å²) in [5, 5.41) is 0. The Morgan fingerprint density at radius 2 is 1.70 bits per heavy atom. The molecule has 1 aromatic rings. The molecule has 1 heterocycles. The van der Waals surface area contributed by atoms with Gasteiger partial charge in [0.2, 0.25) is 0 Å². The van der Waals surface area contributed by atoms with E-state index in [-0.39, 0.29) is 18.7 Å². The van der Waals surface area contributed by atoms with E-state index in [9.17, 15) is 19.0 Å². The Hall–Kier alpha value is -2.18. The number of hydrogen-bond donors (Lipinski definition) is 1. The Balaban J connectivity index is 2.38. The van der Waals surface area contributed by atoms with Gasteiger partial charge >= 0.3 is 19.5 Å². The molecule has 0 saturated carbocycles. The molecule has 0 aliphatic carbocycles. The maximum absolute atomic E-state index is 13.1.